The Morgan fingerprint density at radius 1 is 1.21 bits per heavy atom. The molecule has 3 aromatic rings. The van der Waals surface area contributed by atoms with E-state index >= 15 is 0 Å². The monoisotopic (exact) mass is 288 g/mol. The molecular weight excluding hydrogens is 276 g/mol. The van der Waals surface area contributed by atoms with Crippen LogP contribution in [0.4, 0.5) is 5.13 Å². The highest BCUT2D eigenvalue weighted by molar-refractivity contribution is 8.00. The van der Waals surface area contributed by atoms with Crippen LogP contribution in [0.5, 0.6) is 0 Å². The van der Waals surface area contributed by atoms with Crippen LogP contribution in [0.15, 0.2) is 40.9 Å². The van der Waals surface area contributed by atoms with E-state index in [9.17, 15) is 0 Å². The minimum atomic E-state index is 0.846. The average molecular weight is 288 g/mol. The van der Waals surface area contributed by atoms with Gasteiger partial charge in [0.15, 0.2) is 4.34 Å². The smallest absolute Gasteiger partial charge is 0.206 e. The summed E-state index contributed by atoms with van der Waals surface area (Å²) in [5.74, 6) is 0.854. The summed E-state index contributed by atoms with van der Waals surface area (Å²) in [4.78, 5) is 4.46. The molecule has 1 N–H and O–H groups in total. The van der Waals surface area contributed by atoms with Gasteiger partial charge in [0.2, 0.25) is 5.13 Å². The van der Waals surface area contributed by atoms with Crippen molar-refractivity contribution in [1.29, 1.82) is 0 Å². The SMILES string of the molecule is CNc1nnc(SCc2cccc3cccnc23)s1. The fourth-order valence-corrected chi connectivity index (χ4v) is 3.48. The Morgan fingerprint density at radius 2 is 2.11 bits per heavy atom. The van der Waals surface area contributed by atoms with E-state index in [0.717, 1.165) is 20.7 Å². The van der Waals surface area contributed by atoms with Crippen LogP contribution in [0.25, 0.3) is 10.9 Å². The Balaban J connectivity index is 1.81. The second-order valence-electron chi connectivity index (χ2n) is 3.90. The van der Waals surface area contributed by atoms with Crippen LogP contribution in [0.3, 0.4) is 0 Å². The van der Waals surface area contributed by atoms with Gasteiger partial charge >= 0.3 is 0 Å². The zero-order valence-corrected chi connectivity index (χ0v) is 12.0. The standard InChI is InChI=1S/C13H12N4S2/c1-14-12-16-17-13(19-12)18-8-10-5-2-4-9-6-3-7-15-11(9)10/h2-7H,8H2,1H3,(H,14,16). The lowest BCUT2D eigenvalue weighted by Crippen LogP contribution is -1.86. The predicted octanol–water partition coefficient (Wildman–Crippen LogP) is 3.42. The van der Waals surface area contributed by atoms with E-state index in [1.807, 2.05) is 19.3 Å². The zero-order valence-electron chi connectivity index (χ0n) is 10.3. The van der Waals surface area contributed by atoms with Crippen molar-refractivity contribution in [3.05, 3.63) is 42.1 Å². The lowest BCUT2D eigenvalue weighted by atomic mass is 10.1. The van der Waals surface area contributed by atoms with E-state index in [-0.39, 0.29) is 0 Å². The summed E-state index contributed by atoms with van der Waals surface area (Å²) in [7, 11) is 1.85. The Hall–Kier alpha value is -1.66. The summed E-state index contributed by atoms with van der Waals surface area (Å²) in [6.45, 7) is 0. The molecule has 0 bridgehead atoms. The average Bonchev–Trinajstić information content (AvgIpc) is 2.93. The van der Waals surface area contributed by atoms with Crippen molar-refractivity contribution in [2.24, 2.45) is 0 Å². The molecule has 0 saturated carbocycles. The molecule has 0 atom stereocenters. The third-order valence-corrected chi connectivity index (χ3v) is 4.81. The highest BCUT2D eigenvalue weighted by Gasteiger charge is 2.06. The van der Waals surface area contributed by atoms with Crippen LogP contribution >= 0.6 is 23.1 Å². The van der Waals surface area contributed by atoms with Gasteiger partial charge in [-0.25, -0.2) is 0 Å². The molecule has 0 aliphatic carbocycles. The first-order valence-electron chi connectivity index (χ1n) is 5.83. The molecule has 0 aliphatic heterocycles. The number of thioether (sulfide) groups is 1. The van der Waals surface area contributed by atoms with Gasteiger partial charge in [-0.05, 0) is 11.6 Å². The molecule has 96 valence electrons. The quantitative estimate of drug-likeness (QED) is 0.745. The van der Waals surface area contributed by atoms with Gasteiger partial charge in [-0.2, -0.15) is 0 Å². The number of fused-ring (bicyclic) bond motifs is 1. The molecule has 0 unspecified atom stereocenters. The van der Waals surface area contributed by atoms with E-state index < -0.39 is 0 Å². The van der Waals surface area contributed by atoms with Gasteiger partial charge in [-0.3, -0.25) is 4.98 Å². The number of nitrogens with zero attached hydrogens (tertiary/aromatic N) is 3. The zero-order chi connectivity index (χ0) is 13.1. The fraction of sp³-hybridized carbons (Fsp3) is 0.154. The van der Waals surface area contributed by atoms with Crippen molar-refractivity contribution >= 4 is 39.1 Å². The molecule has 0 spiro atoms. The predicted molar refractivity (Wildman–Crippen MR) is 80.8 cm³/mol. The molecular formula is C13H12N4S2. The van der Waals surface area contributed by atoms with Crippen molar-refractivity contribution in [2.45, 2.75) is 10.1 Å². The van der Waals surface area contributed by atoms with E-state index in [0.29, 0.717) is 0 Å². The molecule has 1 aromatic carbocycles. The van der Waals surface area contributed by atoms with E-state index in [2.05, 4.69) is 44.8 Å². The summed E-state index contributed by atoms with van der Waals surface area (Å²) in [6.07, 6.45) is 1.83. The molecule has 0 aliphatic rings. The maximum absolute atomic E-state index is 4.46. The maximum atomic E-state index is 4.46. The molecule has 0 amide bonds. The molecule has 0 saturated heterocycles. The minimum absolute atomic E-state index is 0.846. The molecule has 6 heteroatoms. The third kappa shape index (κ3) is 2.69. The van der Waals surface area contributed by atoms with Gasteiger partial charge in [0.05, 0.1) is 5.52 Å². The Labute approximate surface area is 119 Å². The van der Waals surface area contributed by atoms with Crippen molar-refractivity contribution in [1.82, 2.24) is 15.2 Å². The van der Waals surface area contributed by atoms with Crippen molar-refractivity contribution < 1.29 is 0 Å². The van der Waals surface area contributed by atoms with E-state index in [1.165, 1.54) is 10.9 Å². The number of nitrogens with one attached hydrogen (secondary N) is 1. The van der Waals surface area contributed by atoms with Gasteiger partial charge in [-0.15, -0.1) is 10.2 Å². The van der Waals surface area contributed by atoms with Gasteiger partial charge in [0.1, 0.15) is 0 Å². The summed E-state index contributed by atoms with van der Waals surface area (Å²) >= 11 is 3.26. The fourth-order valence-electron chi connectivity index (χ4n) is 1.79. The second kappa shape index (κ2) is 5.54. The second-order valence-corrected chi connectivity index (χ2v) is 6.10. The van der Waals surface area contributed by atoms with Crippen LogP contribution in [0.1, 0.15) is 5.56 Å². The van der Waals surface area contributed by atoms with Gasteiger partial charge in [-0.1, -0.05) is 47.4 Å². The number of benzene rings is 1. The first-order chi connectivity index (χ1) is 9.36. The van der Waals surface area contributed by atoms with Gasteiger partial charge in [0.25, 0.3) is 0 Å². The number of hydrogen-bond acceptors (Lipinski definition) is 6. The topological polar surface area (TPSA) is 50.7 Å². The molecule has 0 radical (unpaired) electrons. The number of aromatic nitrogens is 3. The van der Waals surface area contributed by atoms with Crippen molar-refractivity contribution in [3.8, 4) is 0 Å². The third-order valence-electron chi connectivity index (χ3n) is 2.69. The Kier molecular flexibility index (Phi) is 3.61. The van der Waals surface area contributed by atoms with Crippen LogP contribution in [-0.2, 0) is 5.75 Å². The van der Waals surface area contributed by atoms with Crippen molar-refractivity contribution in [3.63, 3.8) is 0 Å². The van der Waals surface area contributed by atoms with Crippen LogP contribution in [0, 0.1) is 0 Å². The Morgan fingerprint density at radius 3 is 2.95 bits per heavy atom. The van der Waals surface area contributed by atoms with Gasteiger partial charge in [0, 0.05) is 24.4 Å². The molecule has 19 heavy (non-hydrogen) atoms. The minimum Gasteiger partial charge on any atom is -0.363 e. The molecule has 4 nitrogen and oxygen atoms in total. The van der Waals surface area contributed by atoms with Gasteiger partial charge < -0.3 is 5.32 Å². The largest absolute Gasteiger partial charge is 0.363 e. The van der Waals surface area contributed by atoms with E-state index in [4.69, 9.17) is 0 Å². The number of anilines is 1. The Bertz CT molecular complexity index is 690. The summed E-state index contributed by atoms with van der Waals surface area (Å²) in [5.41, 5.74) is 2.29. The molecule has 2 aromatic heterocycles. The highest BCUT2D eigenvalue weighted by Crippen LogP contribution is 2.29. The first kappa shape index (κ1) is 12.4. The number of pyridine rings is 1. The van der Waals surface area contributed by atoms with Crippen molar-refractivity contribution in [2.75, 3.05) is 12.4 Å². The number of hydrogen-bond donors (Lipinski definition) is 1. The van der Waals surface area contributed by atoms with Crippen LogP contribution in [0.2, 0.25) is 0 Å². The first-order valence-corrected chi connectivity index (χ1v) is 7.64. The summed E-state index contributed by atoms with van der Waals surface area (Å²) < 4.78 is 0.970. The number of rotatable bonds is 4. The van der Waals surface area contributed by atoms with Crippen LogP contribution < -0.4 is 5.32 Å². The summed E-state index contributed by atoms with van der Waals surface area (Å²) in [6, 6.07) is 10.3. The van der Waals surface area contributed by atoms with Crippen LogP contribution in [-0.4, -0.2) is 22.2 Å². The lowest BCUT2D eigenvalue weighted by molar-refractivity contribution is 1.01. The summed E-state index contributed by atoms with van der Waals surface area (Å²) in [5, 5.41) is 13.2. The number of para-hydroxylation sites is 1. The molecule has 0 fully saturated rings. The normalized spacial score (nSPS) is 10.8. The lowest BCUT2D eigenvalue weighted by Gasteiger charge is -2.03. The molecule has 3 rings (SSSR count). The maximum Gasteiger partial charge on any atom is 0.206 e. The van der Waals surface area contributed by atoms with E-state index in [1.54, 1.807) is 23.1 Å². The molecule has 2 heterocycles. The highest BCUT2D eigenvalue weighted by atomic mass is 32.2.